The van der Waals surface area contributed by atoms with Gasteiger partial charge in [0.2, 0.25) is 0 Å². The van der Waals surface area contributed by atoms with Gasteiger partial charge in [-0.25, -0.2) is 0 Å². The summed E-state index contributed by atoms with van der Waals surface area (Å²) in [6, 6.07) is 0.340. The molecule has 0 fully saturated rings. The Bertz CT molecular complexity index is 139. The second-order valence-corrected chi connectivity index (χ2v) is 11.0. The van der Waals surface area contributed by atoms with E-state index in [-0.39, 0.29) is 5.91 Å². The maximum atomic E-state index is 10.8. The third-order valence-corrected chi connectivity index (χ3v) is 11.6. The molecule has 0 aliphatic heterocycles. The van der Waals surface area contributed by atoms with Crippen LogP contribution in [0.25, 0.3) is 0 Å². The predicted octanol–water partition coefficient (Wildman–Crippen LogP) is 2.34. The van der Waals surface area contributed by atoms with Crippen molar-refractivity contribution in [2.24, 2.45) is 0 Å². The molecule has 1 N–H and O–H groups in total. The molecule has 0 aliphatic carbocycles. The van der Waals surface area contributed by atoms with Gasteiger partial charge in [-0.1, -0.05) is 0 Å². The quantitative estimate of drug-likeness (QED) is 0.732. The SMILES string of the molecule is CCC(NC(C)=O)[CH](CC)[Hg][Cl]. The zero-order chi connectivity index (χ0) is 9.56. The zero-order valence-electron chi connectivity index (χ0n) is 8.06. The van der Waals surface area contributed by atoms with E-state index in [1.54, 1.807) is 6.92 Å². The van der Waals surface area contributed by atoms with Crippen molar-refractivity contribution >= 4 is 14.2 Å². The molecule has 0 aromatic heterocycles. The molecule has 0 spiro atoms. The van der Waals surface area contributed by atoms with Gasteiger partial charge in [-0.2, -0.15) is 0 Å². The molecule has 68 valence electrons. The molecule has 2 unspecified atom stereocenters. The molecular weight excluding hydrogens is 362 g/mol. The summed E-state index contributed by atoms with van der Waals surface area (Å²) in [7, 11) is 6.00. The van der Waals surface area contributed by atoms with Crippen LogP contribution in [0, 0.1) is 0 Å². The second-order valence-electron chi connectivity index (χ2n) is 3.04. The maximum absolute atomic E-state index is 10.8. The van der Waals surface area contributed by atoms with Crippen LogP contribution in [-0.2, 0) is 28.1 Å². The molecule has 0 saturated heterocycles. The monoisotopic (exact) mass is 379 g/mol. The standard InChI is InChI=1S/C8H16NO.ClH.Hg/c1-4-6-8(5-2)9-7(3)10;;/h6,8H,4-5H2,1-3H3,(H,9,10);1H;/q;;+1/p-1. The Morgan fingerprint density at radius 2 is 2.08 bits per heavy atom. The third kappa shape index (κ3) is 4.66. The van der Waals surface area contributed by atoms with E-state index in [9.17, 15) is 4.79 Å². The summed E-state index contributed by atoms with van der Waals surface area (Å²) in [6.07, 6.45) is 2.12. The third-order valence-electron chi connectivity index (χ3n) is 2.12. The number of carbonyl (C=O) groups is 1. The molecule has 0 bridgehead atoms. The van der Waals surface area contributed by atoms with Crippen LogP contribution in [0.1, 0.15) is 33.6 Å². The van der Waals surface area contributed by atoms with E-state index >= 15 is 0 Å². The second kappa shape index (κ2) is 7.13. The Hall–Kier alpha value is 0.695. The van der Waals surface area contributed by atoms with Gasteiger partial charge in [0, 0.05) is 0 Å². The van der Waals surface area contributed by atoms with Crippen LogP contribution in [0.15, 0.2) is 0 Å². The Morgan fingerprint density at radius 3 is 2.33 bits per heavy atom. The molecule has 0 saturated carbocycles. The summed E-state index contributed by atoms with van der Waals surface area (Å²) in [4.78, 5) is 10.8. The number of amides is 1. The van der Waals surface area contributed by atoms with Gasteiger partial charge in [0.1, 0.15) is 0 Å². The molecule has 2 nitrogen and oxygen atoms in total. The molecule has 0 radical (unpaired) electrons. The van der Waals surface area contributed by atoms with E-state index < -0.39 is 23.3 Å². The Balaban J connectivity index is 4.01. The Morgan fingerprint density at radius 1 is 1.50 bits per heavy atom. The van der Waals surface area contributed by atoms with Crippen LogP contribution in [-0.4, -0.2) is 11.9 Å². The number of rotatable bonds is 5. The first-order chi connectivity index (χ1) is 5.65. The first-order valence-corrected chi connectivity index (χ1v) is 14.4. The molecule has 4 heteroatoms. The molecule has 0 rings (SSSR count). The van der Waals surface area contributed by atoms with E-state index in [1.807, 2.05) is 0 Å². The fraction of sp³-hybridized carbons (Fsp3) is 0.875. The number of carbonyl (C=O) groups excluding carboxylic acids is 1. The average molecular weight is 378 g/mol. The van der Waals surface area contributed by atoms with E-state index in [0.29, 0.717) is 9.47 Å². The van der Waals surface area contributed by atoms with Crippen LogP contribution in [0.2, 0.25) is 3.43 Å². The first kappa shape index (κ1) is 12.7. The van der Waals surface area contributed by atoms with Crippen LogP contribution >= 0.6 is 8.25 Å². The number of halogens is 1. The molecule has 2 atom stereocenters. The number of hydrogen-bond donors (Lipinski definition) is 1. The summed E-state index contributed by atoms with van der Waals surface area (Å²) in [5.74, 6) is 0.0683. The van der Waals surface area contributed by atoms with Crippen LogP contribution in [0.4, 0.5) is 0 Å². The predicted molar refractivity (Wildman–Crippen MR) is 47.8 cm³/mol. The van der Waals surface area contributed by atoms with Crippen LogP contribution in [0.3, 0.4) is 0 Å². The van der Waals surface area contributed by atoms with Crippen molar-refractivity contribution in [3.63, 3.8) is 0 Å². The van der Waals surface area contributed by atoms with Gasteiger partial charge in [0.25, 0.3) is 0 Å². The van der Waals surface area contributed by atoms with Gasteiger partial charge < -0.3 is 0 Å². The van der Waals surface area contributed by atoms with E-state index in [1.165, 1.54) is 0 Å². The summed E-state index contributed by atoms with van der Waals surface area (Å²) in [5.41, 5.74) is 0. The Labute approximate surface area is 90.3 Å². The van der Waals surface area contributed by atoms with Gasteiger partial charge in [-0.15, -0.1) is 0 Å². The van der Waals surface area contributed by atoms with Crippen molar-refractivity contribution in [1.29, 1.82) is 0 Å². The summed E-state index contributed by atoms with van der Waals surface area (Å²) in [6.45, 7) is 5.82. The van der Waals surface area contributed by atoms with Crippen molar-refractivity contribution in [2.75, 3.05) is 0 Å². The molecular formula is C8H16ClHgNO. The van der Waals surface area contributed by atoms with Gasteiger partial charge >= 0.3 is 90.7 Å². The van der Waals surface area contributed by atoms with Gasteiger partial charge in [-0.3, -0.25) is 0 Å². The topological polar surface area (TPSA) is 29.1 Å². The zero-order valence-corrected chi connectivity index (χ0v) is 14.3. The van der Waals surface area contributed by atoms with Crippen molar-refractivity contribution in [1.82, 2.24) is 5.32 Å². The van der Waals surface area contributed by atoms with E-state index in [2.05, 4.69) is 19.2 Å². The molecule has 0 heterocycles. The molecule has 12 heavy (non-hydrogen) atoms. The van der Waals surface area contributed by atoms with Crippen molar-refractivity contribution in [3.8, 4) is 0 Å². The molecule has 0 aromatic carbocycles. The van der Waals surface area contributed by atoms with Crippen LogP contribution in [0.5, 0.6) is 0 Å². The van der Waals surface area contributed by atoms with E-state index in [0.717, 1.165) is 12.8 Å². The minimum atomic E-state index is -1.20. The van der Waals surface area contributed by atoms with Gasteiger partial charge in [0.05, 0.1) is 0 Å². The first-order valence-electron chi connectivity index (χ1n) is 4.48. The summed E-state index contributed by atoms with van der Waals surface area (Å²) in [5, 5.41) is 2.96. The average Bonchev–Trinajstić information content (AvgIpc) is 2.04. The van der Waals surface area contributed by atoms with Crippen molar-refractivity contribution < 1.29 is 28.1 Å². The normalized spacial score (nSPS) is 14.7. The fourth-order valence-electron chi connectivity index (χ4n) is 1.32. The van der Waals surface area contributed by atoms with Gasteiger partial charge in [-0.05, 0) is 0 Å². The summed E-state index contributed by atoms with van der Waals surface area (Å²) < 4.78 is 0.626. The number of hydrogen-bond acceptors (Lipinski definition) is 1. The molecule has 0 aliphatic rings. The number of nitrogens with one attached hydrogen (secondary N) is 1. The van der Waals surface area contributed by atoms with Gasteiger partial charge in [0.15, 0.2) is 0 Å². The fourth-order valence-corrected chi connectivity index (χ4v) is 8.56. The molecule has 0 aromatic rings. The van der Waals surface area contributed by atoms with E-state index in [4.69, 9.17) is 8.25 Å². The summed E-state index contributed by atoms with van der Waals surface area (Å²) >= 11 is -1.20. The van der Waals surface area contributed by atoms with Crippen molar-refractivity contribution in [3.05, 3.63) is 0 Å². The molecule has 1 amide bonds. The van der Waals surface area contributed by atoms with Crippen LogP contribution < -0.4 is 5.32 Å². The minimum absolute atomic E-state index is 0.0683. The Kier molecular flexibility index (Phi) is 7.55. The van der Waals surface area contributed by atoms with Crippen molar-refractivity contribution in [2.45, 2.75) is 43.1 Å².